The van der Waals surface area contributed by atoms with Crippen molar-refractivity contribution in [3.8, 4) is 0 Å². The number of aromatic nitrogens is 2. The summed E-state index contributed by atoms with van der Waals surface area (Å²) in [5, 5.41) is 4.12. The number of hydrogen-bond acceptors (Lipinski definition) is 4. The molecule has 0 bridgehead atoms. The van der Waals surface area contributed by atoms with Crippen molar-refractivity contribution in [3.05, 3.63) is 28.2 Å². The predicted molar refractivity (Wildman–Crippen MR) is 97.6 cm³/mol. The summed E-state index contributed by atoms with van der Waals surface area (Å²) in [4.78, 5) is 28.8. The Labute approximate surface area is 149 Å². The van der Waals surface area contributed by atoms with E-state index in [1.807, 2.05) is 4.90 Å². The van der Waals surface area contributed by atoms with Gasteiger partial charge in [-0.15, -0.1) is 0 Å². The van der Waals surface area contributed by atoms with Gasteiger partial charge in [0.15, 0.2) is 0 Å². The van der Waals surface area contributed by atoms with Crippen LogP contribution < -0.4 is 5.56 Å². The average Bonchev–Trinajstić information content (AvgIpc) is 2.91. The average molecular weight is 346 g/mol. The SMILES string of the molecule is Cn1nc(C(=O)N2CCC3(CCCN(CC(C)(C)C)C3)C2)ccc1=O. The lowest BCUT2D eigenvalue weighted by atomic mass is 9.78. The van der Waals surface area contributed by atoms with Crippen molar-refractivity contribution in [2.75, 3.05) is 32.7 Å². The lowest BCUT2D eigenvalue weighted by Crippen LogP contribution is -2.47. The summed E-state index contributed by atoms with van der Waals surface area (Å²) >= 11 is 0. The van der Waals surface area contributed by atoms with Crippen LogP contribution in [0.25, 0.3) is 0 Å². The highest BCUT2D eigenvalue weighted by Crippen LogP contribution is 2.40. The third-order valence-electron chi connectivity index (χ3n) is 5.34. The first-order chi connectivity index (χ1) is 11.7. The molecule has 6 heteroatoms. The molecule has 1 aromatic rings. The Morgan fingerprint density at radius 3 is 2.64 bits per heavy atom. The Kier molecular flexibility index (Phi) is 4.75. The summed E-state index contributed by atoms with van der Waals surface area (Å²) < 4.78 is 1.23. The fourth-order valence-corrected chi connectivity index (χ4v) is 4.34. The molecule has 2 aliphatic heterocycles. The normalized spacial score (nSPS) is 24.9. The molecule has 2 saturated heterocycles. The molecule has 138 valence electrons. The second-order valence-corrected chi connectivity index (χ2v) is 9.03. The van der Waals surface area contributed by atoms with Gasteiger partial charge in [-0.25, -0.2) is 4.68 Å². The third-order valence-corrected chi connectivity index (χ3v) is 5.34. The molecule has 1 spiro atoms. The Morgan fingerprint density at radius 1 is 1.20 bits per heavy atom. The Hall–Kier alpha value is -1.69. The number of rotatable bonds is 2. The van der Waals surface area contributed by atoms with Gasteiger partial charge in [0.1, 0.15) is 5.69 Å². The van der Waals surface area contributed by atoms with Crippen LogP contribution in [0, 0.1) is 10.8 Å². The second-order valence-electron chi connectivity index (χ2n) is 9.03. The van der Waals surface area contributed by atoms with E-state index in [4.69, 9.17) is 0 Å². The van der Waals surface area contributed by atoms with Gasteiger partial charge in [0.25, 0.3) is 11.5 Å². The topological polar surface area (TPSA) is 58.4 Å². The molecule has 0 aromatic carbocycles. The van der Waals surface area contributed by atoms with Gasteiger partial charge in [0.05, 0.1) is 0 Å². The minimum absolute atomic E-state index is 0.0552. The van der Waals surface area contributed by atoms with Crippen LogP contribution in [0.2, 0.25) is 0 Å². The number of carbonyl (C=O) groups is 1. The van der Waals surface area contributed by atoms with Crippen molar-refractivity contribution in [2.24, 2.45) is 17.9 Å². The van der Waals surface area contributed by atoms with E-state index in [0.29, 0.717) is 11.1 Å². The zero-order valence-electron chi connectivity index (χ0n) is 15.9. The van der Waals surface area contributed by atoms with Crippen molar-refractivity contribution in [3.63, 3.8) is 0 Å². The summed E-state index contributed by atoms with van der Waals surface area (Å²) in [6, 6.07) is 2.96. The van der Waals surface area contributed by atoms with E-state index in [1.165, 1.54) is 23.6 Å². The van der Waals surface area contributed by atoms with Crippen molar-refractivity contribution in [2.45, 2.75) is 40.0 Å². The maximum atomic E-state index is 12.8. The van der Waals surface area contributed by atoms with Crippen LogP contribution in [0.4, 0.5) is 0 Å². The molecule has 1 amide bonds. The monoisotopic (exact) mass is 346 g/mol. The molecule has 3 heterocycles. The van der Waals surface area contributed by atoms with E-state index in [2.05, 4.69) is 30.8 Å². The largest absolute Gasteiger partial charge is 0.337 e. The van der Waals surface area contributed by atoms with Crippen molar-refractivity contribution in [1.82, 2.24) is 19.6 Å². The van der Waals surface area contributed by atoms with Crippen LogP contribution in [-0.4, -0.2) is 58.2 Å². The number of aryl methyl sites for hydroxylation is 1. The van der Waals surface area contributed by atoms with Crippen molar-refractivity contribution < 1.29 is 4.79 Å². The molecule has 2 fully saturated rings. The van der Waals surface area contributed by atoms with Crippen LogP contribution in [0.3, 0.4) is 0 Å². The molecule has 0 saturated carbocycles. The van der Waals surface area contributed by atoms with E-state index in [1.54, 1.807) is 13.1 Å². The zero-order chi connectivity index (χ0) is 18.2. The van der Waals surface area contributed by atoms with Gasteiger partial charge in [0.2, 0.25) is 0 Å². The molecule has 1 atom stereocenters. The summed E-state index contributed by atoms with van der Waals surface area (Å²) in [5.74, 6) is -0.0552. The molecule has 0 N–H and O–H groups in total. The van der Waals surface area contributed by atoms with Gasteiger partial charge in [0, 0.05) is 44.7 Å². The van der Waals surface area contributed by atoms with Crippen LogP contribution in [-0.2, 0) is 7.05 Å². The lowest BCUT2D eigenvalue weighted by Gasteiger charge is -2.42. The summed E-state index contributed by atoms with van der Waals surface area (Å²) in [7, 11) is 1.58. The van der Waals surface area contributed by atoms with Crippen molar-refractivity contribution in [1.29, 1.82) is 0 Å². The lowest BCUT2D eigenvalue weighted by molar-refractivity contribution is 0.0591. The maximum Gasteiger partial charge on any atom is 0.274 e. The highest BCUT2D eigenvalue weighted by Gasteiger charge is 2.43. The maximum absolute atomic E-state index is 12.8. The highest BCUT2D eigenvalue weighted by molar-refractivity contribution is 5.92. The minimum Gasteiger partial charge on any atom is -0.337 e. The van der Waals surface area contributed by atoms with Crippen LogP contribution in [0.1, 0.15) is 50.5 Å². The van der Waals surface area contributed by atoms with E-state index in [9.17, 15) is 9.59 Å². The van der Waals surface area contributed by atoms with Gasteiger partial charge in [-0.1, -0.05) is 20.8 Å². The van der Waals surface area contributed by atoms with Crippen molar-refractivity contribution >= 4 is 5.91 Å². The molecule has 1 unspecified atom stereocenters. The van der Waals surface area contributed by atoms with Gasteiger partial charge in [-0.05, 0) is 37.3 Å². The first kappa shape index (κ1) is 18.1. The fraction of sp³-hybridized carbons (Fsp3) is 0.737. The molecule has 6 nitrogen and oxygen atoms in total. The number of hydrogen-bond donors (Lipinski definition) is 0. The van der Waals surface area contributed by atoms with Crippen LogP contribution >= 0.6 is 0 Å². The summed E-state index contributed by atoms with van der Waals surface area (Å²) in [5.41, 5.74) is 0.687. The van der Waals surface area contributed by atoms with Gasteiger partial charge in [-0.3, -0.25) is 9.59 Å². The number of piperidine rings is 1. The first-order valence-electron chi connectivity index (χ1n) is 9.24. The van der Waals surface area contributed by atoms with Gasteiger partial charge < -0.3 is 9.80 Å². The molecule has 25 heavy (non-hydrogen) atoms. The highest BCUT2D eigenvalue weighted by atomic mass is 16.2. The molecular formula is C19H30N4O2. The Morgan fingerprint density at radius 2 is 1.96 bits per heavy atom. The van der Waals surface area contributed by atoms with Crippen LogP contribution in [0.15, 0.2) is 16.9 Å². The molecule has 3 rings (SSSR count). The smallest absolute Gasteiger partial charge is 0.274 e. The Balaban J connectivity index is 1.68. The number of nitrogens with zero attached hydrogens (tertiary/aromatic N) is 4. The van der Waals surface area contributed by atoms with E-state index >= 15 is 0 Å². The van der Waals surface area contributed by atoms with Gasteiger partial charge >= 0.3 is 0 Å². The second kappa shape index (κ2) is 6.56. The quantitative estimate of drug-likeness (QED) is 0.819. The van der Waals surface area contributed by atoms with E-state index in [0.717, 1.165) is 39.1 Å². The number of likely N-dealkylation sites (tertiary alicyclic amines) is 2. The molecular weight excluding hydrogens is 316 g/mol. The summed E-state index contributed by atoms with van der Waals surface area (Å²) in [6.07, 6.45) is 3.46. The van der Waals surface area contributed by atoms with E-state index < -0.39 is 0 Å². The minimum atomic E-state index is -0.195. The zero-order valence-corrected chi connectivity index (χ0v) is 15.9. The molecule has 1 aromatic heterocycles. The molecule has 2 aliphatic rings. The molecule has 0 radical (unpaired) electrons. The van der Waals surface area contributed by atoms with E-state index in [-0.39, 0.29) is 16.9 Å². The van der Waals surface area contributed by atoms with Crippen LogP contribution in [0.5, 0.6) is 0 Å². The Bertz CT molecular complexity index is 706. The predicted octanol–water partition coefficient (Wildman–Crippen LogP) is 1.75. The first-order valence-corrected chi connectivity index (χ1v) is 9.24. The van der Waals surface area contributed by atoms with Gasteiger partial charge in [-0.2, -0.15) is 5.10 Å². The third kappa shape index (κ3) is 4.11. The fourth-order valence-electron chi connectivity index (χ4n) is 4.34. The molecule has 0 aliphatic carbocycles. The summed E-state index contributed by atoms with van der Waals surface area (Å²) in [6.45, 7) is 11.8. The number of amides is 1. The standard InChI is InChI=1S/C19H30N4O2/c1-18(2,3)12-22-10-5-8-19(13-22)9-11-23(14-19)17(25)15-6-7-16(24)21(4)20-15/h6-7H,5,8-14H2,1-4H3. The number of carbonyl (C=O) groups excluding carboxylic acids is 1.